The molecule has 0 aliphatic heterocycles. The molecule has 0 saturated heterocycles. The van der Waals surface area contributed by atoms with E-state index in [-0.39, 0.29) is 0 Å². The molecule has 1 aromatic carbocycles. The third kappa shape index (κ3) is 3.24. The summed E-state index contributed by atoms with van der Waals surface area (Å²) in [6.07, 6.45) is 0. The SMILES string of the molecule is Cc1cc(C)c(C)c(OCc2nc(C)cc(NN)n2)c1. The number of nitrogens with two attached hydrogens (primary N) is 1. The number of benzene rings is 1. The van der Waals surface area contributed by atoms with Crippen LogP contribution in [0.3, 0.4) is 0 Å². The van der Waals surface area contributed by atoms with E-state index < -0.39 is 0 Å². The van der Waals surface area contributed by atoms with Gasteiger partial charge in [-0.1, -0.05) is 6.07 Å². The number of nitrogen functional groups attached to an aromatic ring is 1. The normalized spacial score (nSPS) is 10.4. The molecule has 0 radical (unpaired) electrons. The molecule has 0 bridgehead atoms. The van der Waals surface area contributed by atoms with Crippen LogP contribution in [-0.4, -0.2) is 9.97 Å². The molecule has 5 nitrogen and oxygen atoms in total. The third-order valence-corrected chi connectivity index (χ3v) is 3.17. The lowest BCUT2D eigenvalue weighted by Gasteiger charge is -2.12. The van der Waals surface area contributed by atoms with E-state index >= 15 is 0 Å². The van der Waals surface area contributed by atoms with Crippen LogP contribution in [0.1, 0.15) is 28.2 Å². The van der Waals surface area contributed by atoms with Crippen LogP contribution >= 0.6 is 0 Å². The fourth-order valence-corrected chi connectivity index (χ4v) is 2.06. The summed E-state index contributed by atoms with van der Waals surface area (Å²) in [7, 11) is 0. The van der Waals surface area contributed by atoms with E-state index in [1.807, 2.05) is 19.9 Å². The van der Waals surface area contributed by atoms with Crippen molar-refractivity contribution in [2.75, 3.05) is 5.43 Å². The average molecular weight is 272 g/mol. The van der Waals surface area contributed by atoms with Crippen LogP contribution in [0.5, 0.6) is 5.75 Å². The Morgan fingerprint density at radius 3 is 2.55 bits per heavy atom. The van der Waals surface area contributed by atoms with Gasteiger partial charge in [0.25, 0.3) is 0 Å². The third-order valence-electron chi connectivity index (χ3n) is 3.17. The van der Waals surface area contributed by atoms with Gasteiger partial charge in [0.05, 0.1) is 0 Å². The molecule has 0 aliphatic rings. The molecule has 0 atom stereocenters. The minimum atomic E-state index is 0.320. The predicted molar refractivity (Wildman–Crippen MR) is 79.6 cm³/mol. The highest BCUT2D eigenvalue weighted by atomic mass is 16.5. The zero-order valence-electron chi connectivity index (χ0n) is 12.3. The second kappa shape index (κ2) is 5.88. The van der Waals surface area contributed by atoms with Crippen molar-refractivity contribution in [3.63, 3.8) is 0 Å². The molecule has 0 amide bonds. The van der Waals surface area contributed by atoms with Crippen molar-refractivity contribution in [1.29, 1.82) is 0 Å². The molecule has 0 unspecified atom stereocenters. The minimum Gasteiger partial charge on any atom is -0.485 e. The fraction of sp³-hybridized carbons (Fsp3) is 0.333. The summed E-state index contributed by atoms with van der Waals surface area (Å²) in [4.78, 5) is 8.61. The summed E-state index contributed by atoms with van der Waals surface area (Å²) in [6.45, 7) is 8.40. The molecule has 0 fully saturated rings. The standard InChI is InChI=1S/C15H20N4O/c1-9-5-10(2)12(4)13(6-9)20-8-15-17-11(3)7-14(18-15)19-16/h5-7H,8,16H2,1-4H3,(H,17,18,19). The number of ether oxygens (including phenoxy) is 1. The molecule has 106 valence electrons. The van der Waals surface area contributed by atoms with Gasteiger partial charge in [0.2, 0.25) is 0 Å². The first-order valence-corrected chi connectivity index (χ1v) is 6.51. The molecule has 1 aromatic heterocycles. The van der Waals surface area contributed by atoms with Gasteiger partial charge in [0.15, 0.2) is 5.82 Å². The van der Waals surface area contributed by atoms with Gasteiger partial charge in [-0.3, -0.25) is 0 Å². The summed E-state index contributed by atoms with van der Waals surface area (Å²) < 4.78 is 5.85. The Hall–Kier alpha value is -2.14. The molecule has 1 heterocycles. The van der Waals surface area contributed by atoms with Crippen LogP contribution in [0, 0.1) is 27.7 Å². The number of nitrogens with one attached hydrogen (secondary N) is 1. The van der Waals surface area contributed by atoms with Gasteiger partial charge < -0.3 is 10.2 Å². The summed E-state index contributed by atoms with van der Waals surface area (Å²) in [5.74, 6) is 7.45. The molecule has 0 aliphatic carbocycles. The summed E-state index contributed by atoms with van der Waals surface area (Å²) in [5.41, 5.74) is 6.91. The molecular formula is C15H20N4O. The number of aryl methyl sites for hydroxylation is 3. The Morgan fingerprint density at radius 1 is 1.10 bits per heavy atom. The number of hydrazine groups is 1. The van der Waals surface area contributed by atoms with Crippen LogP contribution < -0.4 is 16.0 Å². The van der Waals surface area contributed by atoms with Crippen LogP contribution in [0.2, 0.25) is 0 Å². The Labute approximate surface area is 119 Å². The lowest BCUT2D eigenvalue weighted by Crippen LogP contribution is -2.12. The molecule has 2 rings (SSSR count). The predicted octanol–water partition coefficient (Wildman–Crippen LogP) is 2.57. The number of anilines is 1. The number of hydrogen-bond acceptors (Lipinski definition) is 5. The number of hydrogen-bond donors (Lipinski definition) is 2. The van der Waals surface area contributed by atoms with Crippen LogP contribution in [-0.2, 0) is 6.61 Å². The second-order valence-electron chi connectivity index (χ2n) is 4.95. The van der Waals surface area contributed by atoms with Gasteiger partial charge in [-0.15, -0.1) is 0 Å². The Kier molecular flexibility index (Phi) is 4.20. The Balaban J connectivity index is 2.19. The van der Waals surface area contributed by atoms with Gasteiger partial charge in [-0.05, 0) is 50.5 Å². The van der Waals surface area contributed by atoms with E-state index in [9.17, 15) is 0 Å². The van der Waals surface area contributed by atoms with Gasteiger partial charge >= 0.3 is 0 Å². The molecule has 0 saturated carbocycles. The first-order valence-electron chi connectivity index (χ1n) is 6.51. The van der Waals surface area contributed by atoms with Crippen molar-refractivity contribution < 1.29 is 4.74 Å². The molecule has 0 spiro atoms. The van der Waals surface area contributed by atoms with Crippen LogP contribution in [0.4, 0.5) is 5.82 Å². The number of nitrogens with zero attached hydrogens (tertiary/aromatic N) is 2. The molecule has 2 aromatic rings. The highest BCUT2D eigenvalue weighted by molar-refractivity contribution is 5.42. The highest BCUT2D eigenvalue weighted by Gasteiger charge is 2.07. The maximum atomic E-state index is 5.85. The van der Waals surface area contributed by atoms with Crippen molar-refractivity contribution in [1.82, 2.24) is 9.97 Å². The van der Waals surface area contributed by atoms with Gasteiger partial charge in [-0.25, -0.2) is 15.8 Å². The van der Waals surface area contributed by atoms with Crippen molar-refractivity contribution >= 4 is 5.82 Å². The maximum absolute atomic E-state index is 5.85. The summed E-state index contributed by atoms with van der Waals surface area (Å²) >= 11 is 0. The fourth-order valence-electron chi connectivity index (χ4n) is 2.06. The van der Waals surface area contributed by atoms with Gasteiger partial charge in [0.1, 0.15) is 18.2 Å². The lowest BCUT2D eigenvalue weighted by molar-refractivity contribution is 0.293. The van der Waals surface area contributed by atoms with Gasteiger partial charge in [-0.2, -0.15) is 0 Å². The largest absolute Gasteiger partial charge is 0.485 e. The zero-order chi connectivity index (χ0) is 14.7. The van der Waals surface area contributed by atoms with Crippen molar-refractivity contribution in [3.8, 4) is 5.75 Å². The van der Waals surface area contributed by atoms with E-state index in [2.05, 4.69) is 35.3 Å². The second-order valence-corrected chi connectivity index (χ2v) is 4.95. The monoisotopic (exact) mass is 272 g/mol. The zero-order valence-corrected chi connectivity index (χ0v) is 12.3. The van der Waals surface area contributed by atoms with E-state index in [1.54, 1.807) is 6.07 Å². The minimum absolute atomic E-state index is 0.320. The Morgan fingerprint density at radius 2 is 1.85 bits per heavy atom. The lowest BCUT2D eigenvalue weighted by atomic mass is 10.1. The van der Waals surface area contributed by atoms with E-state index in [0.29, 0.717) is 18.2 Å². The first-order chi connectivity index (χ1) is 9.49. The highest BCUT2D eigenvalue weighted by Crippen LogP contribution is 2.24. The molecular weight excluding hydrogens is 252 g/mol. The van der Waals surface area contributed by atoms with Gasteiger partial charge in [0, 0.05) is 11.8 Å². The quantitative estimate of drug-likeness (QED) is 0.661. The van der Waals surface area contributed by atoms with Crippen LogP contribution in [0.25, 0.3) is 0 Å². The molecule has 3 N–H and O–H groups in total. The Bertz CT molecular complexity index is 626. The summed E-state index contributed by atoms with van der Waals surface area (Å²) in [6, 6.07) is 5.95. The number of aromatic nitrogens is 2. The average Bonchev–Trinajstić information content (AvgIpc) is 2.40. The van der Waals surface area contributed by atoms with Crippen molar-refractivity contribution in [2.45, 2.75) is 34.3 Å². The van der Waals surface area contributed by atoms with Crippen molar-refractivity contribution in [2.24, 2.45) is 5.84 Å². The first kappa shape index (κ1) is 14.3. The smallest absolute Gasteiger partial charge is 0.168 e. The van der Waals surface area contributed by atoms with Crippen molar-refractivity contribution in [3.05, 3.63) is 46.4 Å². The van der Waals surface area contributed by atoms with E-state index in [4.69, 9.17) is 10.6 Å². The maximum Gasteiger partial charge on any atom is 0.168 e. The summed E-state index contributed by atoms with van der Waals surface area (Å²) in [5, 5.41) is 0. The molecule has 20 heavy (non-hydrogen) atoms. The van der Waals surface area contributed by atoms with E-state index in [1.165, 1.54) is 11.1 Å². The molecule has 5 heteroatoms. The number of rotatable bonds is 4. The van der Waals surface area contributed by atoms with E-state index in [0.717, 1.165) is 17.0 Å². The topological polar surface area (TPSA) is 73.1 Å². The van der Waals surface area contributed by atoms with Crippen LogP contribution in [0.15, 0.2) is 18.2 Å².